The van der Waals surface area contributed by atoms with Crippen LogP contribution in [0.2, 0.25) is 5.02 Å². The Morgan fingerprint density at radius 2 is 2.17 bits per heavy atom. The van der Waals surface area contributed by atoms with E-state index in [1.165, 1.54) is 0 Å². The fourth-order valence-electron chi connectivity index (χ4n) is 3.09. The molecule has 1 fully saturated rings. The second-order valence-electron chi connectivity index (χ2n) is 5.76. The lowest BCUT2D eigenvalue weighted by molar-refractivity contribution is 0.0709. The van der Waals surface area contributed by atoms with Crippen LogP contribution >= 0.6 is 11.6 Å². The lowest BCUT2D eigenvalue weighted by Crippen LogP contribution is -2.30. The SMILES string of the molecule is O=C(c1cc(-c2cccc(Cl)c2)on1)N1CCC[C@H]1c1ccco1. The van der Waals surface area contributed by atoms with E-state index in [4.69, 9.17) is 20.5 Å². The first-order valence-corrected chi connectivity index (χ1v) is 8.17. The van der Waals surface area contributed by atoms with Crippen molar-refractivity contribution in [3.63, 3.8) is 0 Å². The fraction of sp³-hybridized carbons (Fsp3) is 0.222. The first-order valence-electron chi connectivity index (χ1n) is 7.79. The van der Waals surface area contributed by atoms with Crippen LogP contribution in [0.3, 0.4) is 0 Å². The first-order chi connectivity index (χ1) is 11.7. The van der Waals surface area contributed by atoms with E-state index < -0.39 is 0 Å². The van der Waals surface area contributed by atoms with Crippen LogP contribution in [0.5, 0.6) is 0 Å². The molecule has 4 rings (SSSR count). The van der Waals surface area contributed by atoms with E-state index in [1.807, 2.05) is 24.3 Å². The van der Waals surface area contributed by atoms with E-state index in [0.29, 0.717) is 23.0 Å². The minimum absolute atomic E-state index is 0.0428. The summed E-state index contributed by atoms with van der Waals surface area (Å²) in [5, 5.41) is 4.55. The predicted molar refractivity (Wildman–Crippen MR) is 88.7 cm³/mol. The molecule has 2 aromatic heterocycles. The Morgan fingerprint density at radius 3 is 2.96 bits per heavy atom. The average Bonchev–Trinajstić information content (AvgIpc) is 3.33. The van der Waals surface area contributed by atoms with E-state index in [-0.39, 0.29) is 11.9 Å². The van der Waals surface area contributed by atoms with Crippen molar-refractivity contribution in [2.75, 3.05) is 6.54 Å². The van der Waals surface area contributed by atoms with Gasteiger partial charge in [-0.05, 0) is 37.1 Å². The molecule has 0 aliphatic carbocycles. The van der Waals surface area contributed by atoms with Gasteiger partial charge in [0.15, 0.2) is 11.5 Å². The van der Waals surface area contributed by atoms with Crippen LogP contribution < -0.4 is 0 Å². The summed E-state index contributed by atoms with van der Waals surface area (Å²) in [6, 6.07) is 12.6. The molecule has 1 atom stereocenters. The van der Waals surface area contributed by atoms with Crippen molar-refractivity contribution in [3.8, 4) is 11.3 Å². The number of hydrogen-bond donors (Lipinski definition) is 0. The van der Waals surface area contributed by atoms with Crippen molar-refractivity contribution >= 4 is 17.5 Å². The molecule has 0 radical (unpaired) electrons. The molecular formula is C18H15ClN2O3. The zero-order valence-corrected chi connectivity index (χ0v) is 13.6. The molecule has 0 bridgehead atoms. The van der Waals surface area contributed by atoms with E-state index >= 15 is 0 Å². The number of benzene rings is 1. The van der Waals surface area contributed by atoms with Crippen LogP contribution in [-0.2, 0) is 0 Å². The van der Waals surface area contributed by atoms with Gasteiger partial charge in [0.1, 0.15) is 5.76 Å². The Morgan fingerprint density at radius 1 is 1.25 bits per heavy atom. The molecule has 0 spiro atoms. The van der Waals surface area contributed by atoms with Gasteiger partial charge in [-0.3, -0.25) is 4.79 Å². The summed E-state index contributed by atoms with van der Waals surface area (Å²) >= 11 is 6.00. The zero-order valence-electron chi connectivity index (χ0n) is 12.8. The number of likely N-dealkylation sites (tertiary alicyclic amines) is 1. The molecule has 1 aliphatic rings. The molecule has 0 N–H and O–H groups in total. The minimum atomic E-state index is -0.147. The van der Waals surface area contributed by atoms with Crippen LogP contribution in [0.15, 0.2) is 57.7 Å². The molecule has 6 heteroatoms. The van der Waals surface area contributed by atoms with Gasteiger partial charge in [-0.15, -0.1) is 0 Å². The molecule has 0 saturated carbocycles. The average molecular weight is 343 g/mol. The van der Waals surface area contributed by atoms with Crippen molar-refractivity contribution < 1.29 is 13.7 Å². The van der Waals surface area contributed by atoms with Gasteiger partial charge in [-0.1, -0.05) is 28.9 Å². The molecular weight excluding hydrogens is 328 g/mol. The summed E-state index contributed by atoms with van der Waals surface area (Å²) < 4.78 is 10.8. The topological polar surface area (TPSA) is 59.5 Å². The molecule has 1 amide bonds. The van der Waals surface area contributed by atoms with Crippen LogP contribution in [-0.4, -0.2) is 22.5 Å². The highest BCUT2D eigenvalue weighted by Gasteiger charge is 2.33. The molecule has 0 unspecified atom stereocenters. The van der Waals surface area contributed by atoms with Gasteiger partial charge in [0.2, 0.25) is 0 Å². The summed E-state index contributed by atoms with van der Waals surface area (Å²) in [4.78, 5) is 14.6. The molecule has 5 nitrogen and oxygen atoms in total. The Bertz CT molecular complexity index is 857. The smallest absolute Gasteiger partial charge is 0.276 e. The Labute approximate surface area is 143 Å². The molecule has 3 aromatic rings. The Balaban J connectivity index is 1.59. The van der Waals surface area contributed by atoms with E-state index in [2.05, 4.69) is 5.16 Å². The third kappa shape index (κ3) is 2.71. The third-order valence-electron chi connectivity index (χ3n) is 4.22. The van der Waals surface area contributed by atoms with E-state index in [9.17, 15) is 4.79 Å². The summed E-state index contributed by atoms with van der Waals surface area (Å²) in [6.45, 7) is 0.684. The highest BCUT2D eigenvalue weighted by Crippen LogP contribution is 2.33. The quantitative estimate of drug-likeness (QED) is 0.699. The van der Waals surface area contributed by atoms with Crippen LogP contribution in [0, 0.1) is 0 Å². The molecule has 122 valence electrons. The van der Waals surface area contributed by atoms with Gasteiger partial charge in [-0.2, -0.15) is 0 Å². The van der Waals surface area contributed by atoms with Gasteiger partial charge < -0.3 is 13.8 Å². The van der Waals surface area contributed by atoms with Gasteiger partial charge in [0.05, 0.1) is 12.3 Å². The molecule has 1 aromatic carbocycles. The van der Waals surface area contributed by atoms with Crippen molar-refractivity contribution in [1.29, 1.82) is 0 Å². The molecule has 1 saturated heterocycles. The van der Waals surface area contributed by atoms with Crippen molar-refractivity contribution in [2.45, 2.75) is 18.9 Å². The monoisotopic (exact) mass is 342 g/mol. The predicted octanol–water partition coefficient (Wildman–Crippen LogP) is 4.57. The van der Waals surface area contributed by atoms with Crippen LogP contribution in [0.4, 0.5) is 0 Å². The summed E-state index contributed by atoms with van der Waals surface area (Å²) in [6.07, 6.45) is 3.46. The lowest BCUT2D eigenvalue weighted by atomic mass is 10.1. The van der Waals surface area contributed by atoms with Crippen molar-refractivity contribution in [1.82, 2.24) is 10.1 Å². The maximum atomic E-state index is 12.8. The number of nitrogens with zero attached hydrogens (tertiary/aromatic N) is 2. The number of carbonyl (C=O) groups is 1. The summed E-state index contributed by atoms with van der Waals surface area (Å²) in [7, 11) is 0. The van der Waals surface area contributed by atoms with Crippen LogP contribution in [0.25, 0.3) is 11.3 Å². The van der Waals surface area contributed by atoms with E-state index in [0.717, 1.165) is 24.2 Å². The van der Waals surface area contributed by atoms with Gasteiger partial charge in [-0.25, -0.2) is 0 Å². The maximum absolute atomic E-state index is 12.8. The fourth-order valence-corrected chi connectivity index (χ4v) is 3.28. The third-order valence-corrected chi connectivity index (χ3v) is 4.46. The summed E-state index contributed by atoms with van der Waals surface area (Å²) in [5.74, 6) is 1.18. The highest BCUT2D eigenvalue weighted by atomic mass is 35.5. The van der Waals surface area contributed by atoms with Crippen molar-refractivity contribution in [3.05, 3.63) is 65.2 Å². The first kappa shape index (κ1) is 15.0. The number of furan rings is 1. The van der Waals surface area contributed by atoms with Gasteiger partial charge >= 0.3 is 0 Å². The normalized spacial score (nSPS) is 17.4. The van der Waals surface area contributed by atoms with Crippen LogP contribution in [0.1, 0.15) is 35.1 Å². The molecule has 24 heavy (non-hydrogen) atoms. The Hall–Kier alpha value is -2.53. The number of carbonyl (C=O) groups excluding carboxylic acids is 1. The number of rotatable bonds is 3. The number of halogens is 1. The number of hydrogen-bond acceptors (Lipinski definition) is 4. The number of aromatic nitrogens is 1. The zero-order chi connectivity index (χ0) is 16.5. The second-order valence-corrected chi connectivity index (χ2v) is 6.20. The second kappa shape index (κ2) is 6.17. The van der Waals surface area contributed by atoms with Gasteiger partial charge in [0, 0.05) is 23.2 Å². The Kier molecular flexibility index (Phi) is 3.86. The highest BCUT2D eigenvalue weighted by molar-refractivity contribution is 6.30. The maximum Gasteiger partial charge on any atom is 0.276 e. The van der Waals surface area contributed by atoms with E-state index in [1.54, 1.807) is 29.4 Å². The standard InChI is InChI=1S/C18H15ClN2O3/c19-13-5-1-4-12(10-13)17-11-14(20-24-17)18(22)21-8-2-6-15(21)16-7-3-9-23-16/h1,3-5,7,9-11,15H,2,6,8H2/t15-/m0/s1. The molecule has 3 heterocycles. The number of amides is 1. The lowest BCUT2D eigenvalue weighted by Gasteiger charge is -2.21. The van der Waals surface area contributed by atoms with Crippen molar-refractivity contribution in [2.24, 2.45) is 0 Å². The van der Waals surface area contributed by atoms with Gasteiger partial charge in [0.25, 0.3) is 5.91 Å². The minimum Gasteiger partial charge on any atom is -0.467 e. The largest absolute Gasteiger partial charge is 0.467 e. The summed E-state index contributed by atoms with van der Waals surface area (Å²) in [5.41, 5.74) is 1.08. The molecule has 1 aliphatic heterocycles.